The SMILES string of the molecule is NCCNc1nc(NCCc2ccc(O)cc2)nc(NC2CCCC2)n1. The monoisotopic (exact) mass is 357 g/mol. The molecule has 1 fully saturated rings. The second-order valence-electron chi connectivity index (χ2n) is 6.49. The summed E-state index contributed by atoms with van der Waals surface area (Å²) >= 11 is 0. The van der Waals surface area contributed by atoms with Crippen LogP contribution in [0.4, 0.5) is 17.8 Å². The van der Waals surface area contributed by atoms with Crippen LogP contribution in [0.1, 0.15) is 31.2 Å². The van der Waals surface area contributed by atoms with E-state index in [4.69, 9.17) is 5.73 Å². The molecule has 140 valence electrons. The minimum Gasteiger partial charge on any atom is -0.508 e. The molecule has 0 radical (unpaired) electrons. The zero-order chi connectivity index (χ0) is 18.2. The molecule has 0 atom stereocenters. The Morgan fingerprint density at radius 2 is 1.54 bits per heavy atom. The quantitative estimate of drug-likeness (QED) is 0.462. The summed E-state index contributed by atoms with van der Waals surface area (Å²) in [4.78, 5) is 13.3. The number of phenolic OH excluding ortho intramolecular Hbond substituents is 1. The van der Waals surface area contributed by atoms with Crippen molar-refractivity contribution in [1.82, 2.24) is 15.0 Å². The molecule has 0 bridgehead atoms. The lowest BCUT2D eigenvalue weighted by Crippen LogP contribution is -2.20. The summed E-state index contributed by atoms with van der Waals surface area (Å²) in [6, 6.07) is 7.63. The average molecular weight is 357 g/mol. The maximum atomic E-state index is 9.34. The number of nitrogens with one attached hydrogen (secondary N) is 3. The summed E-state index contributed by atoms with van der Waals surface area (Å²) < 4.78 is 0. The Kier molecular flexibility index (Phi) is 6.43. The van der Waals surface area contributed by atoms with E-state index in [-0.39, 0.29) is 5.75 Å². The number of hydrogen-bond donors (Lipinski definition) is 5. The fraction of sp³-hybridized carbons (Fsp3) is 0.500. The first kappa shape index (κ1) is 18.2. The van der Waals surface area contributed by atoms with E-state index in [1.165, 1.54) is 12.8 Å². The Hall–Kier alpha value is -2.61. The van der Waals surface area contributed by atoms with Crippen LogP contribution < -0.4 is 21.7 Å². The number of rotatable bonds is 9. The topological polar surface area (TPSA) is 121 Å². The molecule has 0 aliphatic heterocycles. The van der Waals surface area contributed by atoms with E-state index in [9.17, 15) is 5.11 Å². The van der Waals surface area contributed by atoms with Crippen molar-refractivity contribution < 1.29 is 5.11 Å². The van der Waals surface area contributed by atoms with E-state index < -0.39 is 0 Å². The number of aromatic nitrogens is 3. The Morgan fingerprint density at radius 3 is 2.19 bits per heavy atom. The van der Waals surface area contributed by atoms with Crippen LogP contribution in [0.3, 0.4) is 0 Å². The normalized spacial score (nSPS) is 14.3. The summed E-state index contributed by atoms with van der Waals surface area (Å²) in [5.41, 5.74) is 6.69. The minimum absolute atomic E-state index is 0.275. The van der Waals surface area contributed by atoms with Crippen molar-refractivity contribution in [2.75, 3.05) is 35.6 Å². The highest BCUT2D eigenvalue weighted by Gasteiger charge is 2.16. The Bertz CT molecular complexity index is 686. The first-order valence-corrected chi connectivity index (χ1v) is 9.21. The van der Waals surface area contributed by atoms with Gasteiger partial charge in [-0.05, 0) is 37.0 Å². The second-order valence-corrected chi connectivity index (χ2v) is 6.49. The van der Waals surface area contributed by atoms with Gasteiger partial charge in [-0.1, -0.05) is 25.0 Å². The summed E-state index contributed by atoms with van der Waals surface area (Å²) in [6.45, 7) is 1.81. The van der Waals surface area contributed by atoms with Crippen LogP contribution in [0.15, 0.2) is 24.3 Å². The molecule has 8 nitrogen and oxygen atoms in total. The number of hydrogen-bond acceptors (Lipinski definition) is 8. The molecule has 1 aliphatic carbocycles. The Labute approximate surface area is 153 Å². The van der Waals surface area contributed by atoms with Crippen molar-refractivity contribution in [3.63, 3.8) is 0 Å². The Balaban J connectivity index is 1.62. The van der Waals surface area contributed by atoms with Gasteiger partial charge in [0.15, 0.2) is 0 Å². The standard InChI is InChI=1S/C18H27N7O/c19-10-12-21-17-23-16(20-11-9-13-5-7-15(26)8-6-13)24-18(25-17)22-14-3-1-2-4-14/h5-8,14,26H,1-4,9-12,19H2,(H3,20,21,22,23,24,25). The molecule has 1 aromatic carbocycles. The van der Waals surface area contributed by atoms with Crippen LogP contribution >= 0.6 is 0 Å². The molecule has 1 aliphatic rings. The largest absolute Gasteiger partial charge is 0.508 e. The van der Waals surface area contributed by atoms with Crippen LogP contribution in [0.5, 0.6) is 5.75 Å². The molecule has 0 amide bonds. The molecule has 1 heterocycles. The van der Waals surface area contributed by atoms with Crippen molar-refractivity contribution in [1.29, 1.82) is 0 Å². The second kappa shape index (κ2) is 9.19. The minimum atomic E-state index is 0.275. The molecule has 8 heteroatoms. The van der Waals surface area contributed by atoms with Gasteiger partial charge in [0, 0.05) is 25.7 Å². The molecular weight excluding hydrogens is 330 g/mol. The molecule has 0 saturated heterocycles. The van der Waals surface area contributed by atoms with Gasteiger partial charge in [-0.25, -0.2) is 0 Å². The fourth-order valence-electron chi connectivity index (χ4n) is 3.02. The van der Waals surface area contributed by atoms with Crippen molar-refractivity contribution in [2.24, 2.45) is 5.73 Å². The van der Waals surface area contributed by atoms with Gasteiger partial charge >= 0.3 is 0 Å². The van der Waals surface area contributed by atoms with Gasteiger partial charge in [-0.2, -0.15) is 15.0 Å². The molecule has 0 spiro atoms. The third kappa shape index (κ3) is 5.45. The molecular formula is C18H27N7O. The maximum absolute atomic E-state index is 9.34. The first-order valence-electron chi connectivity index (χ1n) is 9.21. The lowest BCUT2D eigenvalue weighted by atomic mass is 10.1. The predicted molar refractivity (Wildman–Crippen MR) is 104 cm³/mol. The molecule has 26 heavy (non-hydrogen) atoms. The molecule has 1 aromatic heterocycles. The Morgan fingerprint density at radius 1 is 0.923 bits per heavy atom. The third-order valence-electron chi connectivity index (χ3n) is 4.38. The van der Waals surface area contributed by atoms with Crippen LogP contribution in [-0.2, 0) is 6.42 Å². The number of anilines is 3. The van der Waals surface area contributed by atoms with Crippen LogP contribution in [0.2, 0.25) is 0 Å². The smallest absolute Gasteiger partial charge is 0.229 e. The number of nitrogens with two attached hydrogens (primary N) is 1. The summed E-state index contributed by atoms with van der Waals surface area (Å²) in [6.07, 6.45) is 5.61. The predicted octanol–water partition coefficient (Wildman–Crippen LogP) is 1.96. The van der Waals surface area contributed by atoms with E-state index in [2.05, 4.69) is 30.9 Å². The first-order chi connectivity index (χ1) is 12.7. The van der Waals surface area contributed by atoms with Gasteiger partial charge in [0.05, 0.1) is 0 Å². The number of benzene rings is 1. The summed E-state index contributed by atoms with van der Waals surface area (Å²) in [5, 5.41) is 19.1. The van der Waals surface area contributed by atoms with Crippen LogP contribution in [-0.4, -0.2) is 45.7 Å². The lowest BCUT2D eigenvalue weighted by Gasteiger charge is -2.14. The van der Waals surface area contributed by atoms with E-state index in [1.807, 2.05) is 12.1 Å². The number of phenols is 1. The zero-order valence-electron chi connectivity index (χ0n) is 14.9. The van der Waals surface area contributed by atoms with Crippen molar-refractivity contribution in [3.8, 4) is 5.75 Å². The maximum Gasteiger partial charge on any atom is 0.229 e. The van der Waals surface area contributed by atoms with Crippen molar-refractivity contribution >= 4 is 17.8 Å². The van der Waals surface area contributed by atoms with E-state index in [0.717, 1.165) is 24.8 Å². The van der Waals surface area contributed by atoms with E-state index in [1.54, 1.807) is 12.1 Å². The average Bonchev–Trinajstić information content (AvgIpc) is 3.14. The van der Waals surface area contributed by atoms with Crippen molar-refractivity contribution in [3.05, 3.63) is 29.8 Å². The highest BCUT2D eigenvalue weighted by Crippen LogP contribution is 2.21. The molecule has 3 rings (SSSR count). The van der Waals surface area contributed by atoms with E-state index >= 15 is 0 Å². The molecule has 6 N–H and O–H groups in total. The van der Waals surface area contributed by atoms with Crippen molar-refractivity contribution in [2.45, 2.75) is 38.1 Å². The van der Waals surface area contributed by atoms with Crippen LogP contribution in [0.25, 0.3) is 0 Å². The zero-order valence-corrected chi connectivity index (χ0v) is 14.9. The summed E-state index contributed by atoms with van der Waals surface area (Å²) in [5.74, 6) is 1.94. The van der Waals surface area contributed by atoms with Gasteiger partial charge < -0.3 is 26.8 Å². The molecule has 2 aromatic rings. The van der Waals surface area contributed by atoms with Gasteiger partial charge in [-0.15, -0.1) is 0 Å². The highest BCUT2D eigenvalue weighted by atomic mass is 16.3. The highest BCUT2D eigenvalue weighted by molar-refractivity contribution is 5.43. The van der Waals surface area contributed by atoms with Gasteiger partial charge in [-0.3, -0.25) is 0 Å². The van der Waals surface area contributed by atoms with Gasteiger partial charge in [0.2, 0.25) is 17.8 Å². The molecule has 1 saturated carbocycles. The third-order valence-corrected chi connectivity index (χ3v) is 4.38. The lowest BCUT2D eigenvalue weighted by molar-refractivity contribution is 0.475. The summed E-state index contributed by atoms with van der Waals surface area (Å²) in [7, 11) is 0. The number of nitrogens with zero attached hydrogens (tertiary/aromatic N) is 3. The molecule has 0 unspecified atom stereocenters. The fourth-order valence-corrected chi connectivity index (χ4v) is 3.02. The van der Waals surface area contributed by atoms with E-state index in [0.29, 0.717) is 43.5 Å². The van der Waals surface area contributed by atoms with Gasteiger partial charge in [0.1, 0.15) is 5.75 Å². The number of aromatic hydroxyl groups is 1. The van der Waals surface area contributed by atoms with Crippen LogP contribution in [0, 0.1) is 0 Å². The van der Waals surface area contributed by atoms with Gasteiger partial charge in [0.25, 0.3) is 0 Å².